The van der Waals surface area contributed by atoms with Crippen molar-refractivity contribution >= 4 is 5.97 Å². The Labute approximate surface area is 102 Å². The van der Waals surface area contributed by atoms with Crippen LogP contribution >= 0.6 is 0 Å². The van der Waals surface area contributed by atoms with Crippen molar-refractivity contribution in [2.45, 2.75) is 19.6 Å². The monoisotopic (exact) mass is 237 g/mol. The topological polar surface area (TPSA) is 58.6 Å². The molecule has 0 bridgehead atoms. The highest BCUT2D eigenvalue weighted by atomic mass is 16.5. The van der Waals surface area contributed by atoms with Crippen molar-refractivity contribution in [1.82, 2.24) is 5.32 Å². The molecule has 1 aromatic rings. The molecule has 0 fully saturated rings. The number of esters is 1. The summed E-state index contributed by atoms with van der Waals surface area (Å²) < 4.78 is 4.64. The molecule has 2 atom stereocenters. The van der Waals surface area contributed by atoms with Gasteiger partial charge < -0.3 is 15.2 Å². The summed E-state index contributed by atoms with van der Waals surface area (Å²) in [4.78, 5) is 11.4. The third kappa shape index (κ3) is 4.54. The van der Waals surface area contributed by atoms with Gasteiger partial charge in [-0.15, -0.1) is 0 Å². The Bertz CT molecular complexity index is 338. The third-order valence-electron chi connectivity index (χ3n) is 2.62. The number of nitrogens with one attached hydrogen (secondary N) is 1. The van der Waals surface area contributed by atoms with Crippen LogP contribution in [0.5, 0.6) is 0 Å². The summed E-state index contributed by atoms with van der Waals surface area (Å²) in [5.74, 6) is -0.913. The van der Waals surface area contributed by atoms with Gasteiger partial charge in [-0.25, -0.2) is 0 Å². The molecule has 0 spiro atoms. The fourth-order valence-electron chi connectivity index (χ4n) is 1.57. The lowest BCUT2D eigenvalue weighted by Crippen LogP contribution is -2.36. The number of hydrogen-bond donors (Lipinski definition) is 2. The Kier molecular flexibility index (Phi) is 5.66. The highest BCUT2D eigenvalue weighted by Gasteiger charge is 2.23. The van der Waals surface area contributed by atoms with Gasteiger partial charge in [-0.2, -0.15) is 0 Å². The van der Waals surface area contributed by atoms with Gasteiger partial charge in [0.15, 0.2) is 0 Å². The molecule has 94 valence electrons. The minimum atomic E-state index is -0.717. The lowest BCUT2D eigenvalue weighted by Gasteiger charge is -2.17. The Balaban J connectivity index is 2.40. The third-order valence-corrected chi connectivity index (χ3v) is 2.62. The van der Waals surface area contributed by atoms with E-state index in [4.69, 9.17) is 0 Å². The molecule has 0 saturated heterocycles. The lowest BCUT2D eigenvalue weighted by molar-refractivity contribution is -0.148. The van der Waals surface area contributed by atoms with Crippen molar-refractivity contribution in [2.75, 3.05) is 13.7 Å². The summed E-state index contributed by atoms with van der Waals surface area (Å²) in [5, 5.41) is 12.6. The highest BCUT2D eigenvalue weighted by molar-refractivity contribution is 5.73. The number of ether oxygens (including phenoxy) is 1. The van der Waals surface area contributed by atoms with Gasteiger partial charge in [0.25, 0.3) is 0 Å². The molecule has 17 heavy (non-hydrogen) atoms. The number of benzene rings is 1. The van der Waals surface area contributed by atoms with Crippen LogP contribution in [0.25, 0.3) is 0 Å². The zero-order valence-electron chi connectivity index (χ0n) is 10.2. The summed E-state index contributed by atoms with van der Waals surface area (Å²) in [6.07, 6.45) is -0.717. The number of rotatable bonds is 6. The average Bonchev–Trinajstić information content (AvgIpc) is 2.34. The standard InChI is InChI=1S/C13H19NO3/c1-10(15)12(13(16)17-2)9-14-8-11-6-4-3-5-7-11/h3-7,10,12,14-15H,8-9H2,1-2H3/t10-,12-/m1/s1. The van der Waals surface area contributed by atoms with Crippen molar-refractivity contribution in [3.8, 4) is 0 Å². The molecule has 0 aliphatic heterocycles. The van der Waals surface area contributed by atoms with Gasteiger partial charge in [-0.1, -0.05) is 30.3 Å². The van der Waals surface area contributed by atoms with Crippen molar-refractivity contribution in [1.29, 1.82) is 0 Å². The van der Waals surface area contributed by atoms with E-state index in [9.17, 15) is 9.90 Å². The van der Waals surface area contributed by atoms with Gasteiger partial charge >= 0.3 is 5.97 Å². The van der Waals surface area contributed by atoms with Gasteiger partial charge in [-0.05, 0) is 12.5 Å². The quantitative estimate of drug-likeness (QED) is 0.723. The molecule has 0 amide bonds. The number of carbonyl (C=O) groups excluding carboxylic acids is 1. The van der Waals surface area contributed by atoms with Gasteiger partial charge in [0.05, 0.1) is 19.1 Å². The van der Waals surface area contributed by atoms with Crippen LogP contribution in [0, 0.1) is 5.92 Å². The van der Waals surface area contributed by atoms with Crippen LogP contribution in [-0.2, 0) is 16.1 Å². The minimum absolute atomic E-state index is 0.388. The first-order valence-electron chi connectivity index (χ1n) is 5.65. The predicted molar refractivity (Wildman–Crippen MR) is 65.3 cm³/mol. The number of aliphatic hydroxyl groups excluding tert-OH is 1. The maximum atomic E-state index is 11.4. The molecule has 0 radical (unpaired) electrons. The Hall–Kier alpha value is -1.39. The highest BCUT2D eigenvalue weighted by Crippen LogP contribution is 2.05. The molecule has 0 aliphatic carbocycles. The first-order chi connectivity index (χ1) is 8.15. The van der Waals surface area contributed by atoms with E-state index in [2.05, 4.69) is 10.1 Å². The minimum Gasteiger partial charge on any atom is -0.469 e. The maximum absolute atomic E-state index is 11.4. The lowest BCUT2D eigenvalue weighted by atomic mass is 10.0. The molecule has 4 heteroatoms. The summed E-state index contributed by atoms with van der Waals surface area (Å²) in [7, 11) is 1.33. The van der Waals surface area contributed by atoms with Gasteiger partial charge in [0, 0.05) is 13.1 Å². The Morgan fingerprint density at radius 2 is 2.06 bits per heavy atom. The molecule has 0 aromatic heterocycles. The van der Waals surface area contributed by atoms with Gasteiger partial charge in [0.1, 0.15) is 0 Å². The second-order valence-corrected chi connectivity index (χ2v) is 3.99. The van der Waals surface area contributed by atoms with E-state index in [0.717, 1.165) is 5.56 Å². The molecular formula is C13H19NO3. The smallest absolute Gasteiger partial charge is 0.312 e. The largest absolute Gasteiger partial charge is 0.469 e. The van der Waals surface area contributed by atoms with E-state index >= 15 is 0 Å². The Morgan fingerprint density at radius 1 is 1.41 bits per heavy atom. The molecular weight excluding hydrogens is 218 g/mol. The van der Waals surface area contributed by atoms with Crippen LogP contribution in [0.3, 0.4) is 0 Å². The van der Waals surface area contributed by atoms with Crippen LogP contribution in [0.4, 0.5) is 0 Å². The summed E-state index contributed by atoms with van der Waals surface area (Å²) in [5.41, 5.74) is 1.14. The van der Waals surface area contributed by atoms with Crippen molar-refractivity contribution in [3.63, 3.8) is 0 Å². The summed E-state index contributed by atoms with van der Waals surface area (Å²) in [6.45, 7) is 2.66. The summed E-state index contributed by atoms with van der Waals surface area (Å²) >= 11 is 0. The van der Waals surface area contributed by atoms with Gasteiger partial charge in [0.2, 0.25) is 0 Å². The second-order valence-electron chi connectivity index (χ2n) is 3.99. The van der Waals surface area contributed by atoms with E-state index in [0.29, 0.717) is 13.1 Å². The first kappa shape index (κ1) is 13.7. The van der Waals surface area contributed by atoms with E-state index in [1.807, 2.05) is 30.3 Å². The van der Waals surface area contributed by atoms with E-state index in [1.54, 1.807) is 6.92 Å². The van der Waals surface area contributed by atoms with E-state index in [1.165, 1.54) is 7.11 Å². The van der Waals surface area contributed by atoms with Crippen molar-refractivity contribution in [3.05, 3.63) is 35.9 Å². The zero-order chi connectivity index (χ0) is 12.7. The number of carbonyl (C=O) groups is 1. The van der Waals surface area contributed by atoms with Gasteiger partial charge in [-0.3, -0.25) is 4.79 Å². The molecule has 1 rings (SSSR count). The van der Waals surface area contributed by atoms with E-state index < -0.39 is 12.0 Å². The van der Waals surface area contributed by atoms with Crippen LogP contribution in [0.2, 0.25) is 0 Å². The molecule has 0 unspecified atom stereocenters. The fourth-order valence-corrected chi connectivity index (χ4v) is 1.57. The SMILES string of the molecule is COC(=O)[C@H](CNCc1ccccc1)[C@@H](C)O. The molecule has 0 saturated carbocycles. The molecule has 0 heterocycles. The molecule has 0 aliphatic rings. The number of hydrogen-bond acceptors (Lipinski definition) is 4. The zero-order valence-corrected chi connectivity index (χ0v) is 10.2. The first-order valence-corrected chi connectivity index (χ1v) is 5.65. The second kappa shape index (κ2) is 7.04. The summed E-state index contributed by atoms with van der Waals surface area (Å²) in [6, 6.07) is 9.88. The molecule has 1 aromatic carbocycles. The normalized spacial score (nSPS) is 14.1. The van der Waals surface area contributed by atoms with Crippen LogP contribution in [0.1, 0.15) is 12.5 Å². The average molecular weight is 237 g/mol. The van der Waals surface area contributed by atoms with Crippen LogP contribution in [-0.4, -0.2) is 30.8 Å². The fraction of sp³-hybridized carbons (Fsp3) is 0.462. The van der Waals surface area contributed by atoms with Crippen LogP contribution < -0.4 is 5.32 Å². The molecule has 2 N–H and O–H groups in total. The number of methoxy groups -OCH3 is 1. The van der Waals surface area contributed by atoms with E-state index in [-0.39, 0.29) is 5.97 Å². The molecule has 4 nitrogen and oxygen atoms in total. The Morgan fingerprint density at radius 3 is 2.59 bits per heavy atom. The van der Waals surface area contributed by atoms with Crippen molar-refractivity contribution in [2.24, 2.45) is 5.92 Å². The van der Waals surface area contributed by atoms with Crippen molar-refractivity contribution < 1.29 is 14.6 Å². The predicted octanol–water partition coefficient (Wildman–Crippen LogP) is 0.946. The van der Waals surface area contributed by atoms with Crippen LogP contribution in [0.15, 0.2) is 30.3 Å². The maximum Gasteiger partial charge on any atom is 0.312 e. The number of aliphatic hydroxyl groups is 1.